The number of hydrogen-bond donors (Lipinski definition) is 0. The number of benzene rings is 1. The fourth-order valence-electron chi connectivity index (χ4n) is 2.60. The van der Waals surface area contributed by atoms with E-state index >= 15 is 0 Å². The van der Waals surface area contributed by atoms with Gasteiger partial charge in [-0.1, -0.05) is 13.3 Å². The molecule has 5 nitrogen and oxygen atoms in total. The predicted octanol–water partition coefficient (Wildman–Crippen LogP) is 3.77. The number of rotatable bonds is 7. The average molecular weight is 332 g/mol. The van der Waals surface area contributed by atoms with E-state index in [1.807, 2.05) is 13.0 Å². The van der Waals surface area contributed by atoms with Crippen molar-refractivity contribution in [1.82, 2.24) is 0 Å². The molecule has 0 aliphatic heterocycles. The number of unbranched alkanes of at least 4 members (excludes halogenated alkanes) is 1. The van der Waals surface area contributed by atoms with Gasteiger partial charge in [0.1, 0.15) is 11.3 Å². The van der Waals surface area contributed by atoms with Crippen molar-refractivity contribution >= 4 is 16.9 Å². The molecule has 2 rings (SSSR count). The first-order valence-electron chi connectivity index (χ1n) is 8.37. The van der Waals surface area contributed by atoms with Crippen molar-refractivity contribution in [3.8, 4) is 5.75 Å². The van der Waals surface area contributed by atoms with Gasteiger partial charge in [-0.3, -0.25) is 0 Å². The first kappa shape index (κ1) is 18.0. The quantitative estimate of drug-likeness (QED) is 0.570. The van der Waals surface area contributed by atoms with E-state index in [0.717, 1.165) is 35.8 Å². The van der Waals surface area contributed by atoms with E-state index < -0.39 is 12.1 Å². The van der Waals surface area contributed by atoms with Gasteiger partial charge in [0.05, 0.1) is 6.61 Å². The summed E-state index contributed by atoms with van der Waals surface area (Å²) in [6.07, 6.45) is 1.97. The Labute approximate surface area is 141 Å². The fourth-order valence-corrected chi connectivity index (χ4v) is 2.60. The standard InChI is InChI=1S/C19H24O5/c1-5-7-8-16-12(3)15-10-9-14(11-17(15)24-19(16)21)23-13(4)18(20)22-6-2/h9-11,13H,5-8H2,1-4H3. The maximum Gasteiger partial charge on any atom is 0.347 e. The Kier molecular flexibility index (Phi) is 6.01. The molecule has 1 heterocycles. The van der Waals surface area contributed by atoms with E-state index in [1.165, 1.54) is 0 Å². The molecular formula is C19H24O5. The highest BCUT2D eigenvalue weighted by atomic mass is 16.6. The Balaban J connectivity index is 2.31. The lowest BCUT2D eigenvalue weighted by atomic mass is 10.0. The molecule has 0 N–H and O–H groups in total. The van der Waals surface area contributed by atoms with Crippen LogP contribution in [0.2, 0.25) is 0 Å². The van der Waals surface area contributed by atoms with Crippen LogP contribution in [0.3, 0.4) is 0 Å². The summed E-state index contributed by atoms with van der Waals surface area (Å²) in [5.41, 5.74) is 1.84. The molecule has 1 aromatic carbocycles. The maximum absolute atomic E-state index is 12.2. The second kappa shape index (κ2) is 7.99. The lowest BCUT2D eigenvalue weighted by Crippen LogP contribution is -2.26. The van der Waals surface area contributed by atoms with Crippen LogP contribution in [0.5, 0.6) is 5.75 Å². The summed E-state index contributed by atoms with van der Waals surface area (Å²) in [6.45, 7) is 7.70. The highest BCUT2D eigenvalue weighted by Gasteiger charge is 2.17. The summed E-state index contributed by atoms with van der Waals surface area (Å²) in [6, 6.07) is 5.27. The Bertz CT molecular complexity index is 775. The third-order valence-electron chi connectivity index (χ3n) is 3.97. The van der Waals surface area contributed by atoms with Crippen molar-refractivity contribution in [1.29, 1.82) is 0 Å². The molecule has 0 fully saturated rings. The zero-order valence-electron chi connectivity index (χ0n) is 14.7. The molecule has 130 valence electrons. The molecule has 0 bridgehead atoms. The monoisotopic (exact) mass is 332 g/mol. The third kappa shape index (κ3) is 3.96. The van der Waals surface area contributed by atoms with Crippen molar-refractivity contribution in [2.75, 3.05) is 6.61 Å². The molecular weight excluding hydrogens is 308 g/mol. The van der Waals surface area contributed by atoms with E-state index in [-0.39, 0.29) is 5.63 Å². The van der Waals surface area contributed by atoms with Gasteiger partial charge in [0.2, 0.25) is 0 Å². The summed E-state index contributed by atoms with van der Waals surface area (Å²) in [4.78, 5) is 23.8. The van der Waals surface area contributed by atoms with Crippen molar-refractivity contribution in [2.24, 2.45) is 0 Å². The number of carbonyl (C=O) groups excluding carboxylic acids is 1. The van der Waals surface area contributed by atoms with Gasteiger partial charge in [-0.15, -0.1) is 0 Å². The lowest BCUT2D eigenvalue weighted by molar-refractivity contribution is -0.150. The van der Waals surface area contributed by atoms with Crippen molar-refractivity contribution in [3.63, 3.8) is 0 Å². The Hall–Kier alpha value is -2.30. The number of hydrogen-bond acceptors (Lipinski definition) is 5. The Morgan fingerprint density at radius 1 is 1.29 bits per heavy atom. The molecule has 0 amide bonds. The third-order valence-corrected chi connectivity index (χ3v) is 3.97. The number of fused-ring (bicyclic) bond motifs is 1. The van der Waals surface area contributed by atoms with Crippen molar-refractivity contribution in [3.05, 3.63) is 39.7 Å². The lowest BCUT2D eigenvalue weighted by Gasteiger charge is -2.14. The second-order valence-electron chi connectivity index (χ2n) is 5.77. The topological polar surface area (TPSA) is 65.7 Å². The van der Waals surface area contributed by atoms with Gasteiger partial charge in [0.25, 0.3) is 0 Å². The van der Waals surface area contributed by atoms with Gasteiger partial charge >= 0.3 is 11.6 Å². The average Bonchev–Trinajstić information content (AvgIpc) is 2.54. The summed E-state index contributed by atoms with van der Waals surface area (Å²) in [5.74, 6) is 0.0389. The minimum Gasteiger partial charge on any atom is -0.479 e. The zero-order valence-corrected chi connectivity index (χ0v) is 14.7. The van der Waals surface area contributed by atoms with Crippen LogP contribution in [-0.4, -0.2) is 18.7 Å². The van der Waals surface area contributed by atoms with Gasteiger partial charge in [-0.05, 0) is 51.3 Å². The maximum atomic E-state index is 12.2. The molecule has 0 spiro atoms. The van der Waals surface area contributed by atoms with Crippen molar-refractivity contribution < 1.29 is 18.7 Å². The van der Waals surface area contributed by atoms with Crippen LogP contribution in [0.1, 0.15) is 44.7 Å². The molecule has 1 aromatic heterocycles. The Morgan fingerprint density at radius 2 is 2.04 bits per heavy atom. The molecule has 0 aliphatic carbocycles. The fraction of sp³-hybridized carbons (Fsp3) is 0.474. The van der Waals surface area contributed by atoms with Crippen LogP contribution in [0.15, 0.2) is 27.4 Å². The summed E-state index contributed by atoms with van der Waals surface area (Å²) < 4.78 is 15.9. The first-order chi connectivity index (χ1) is 11.5. The van der Waals surface area contributed by atoms with Gasteiger partial charge in [-0.25, -0.2) is 9.59 Å². The van der Waals surface area contributed by atoms with Crippen LogP contribution in [-0.2, 0) is 16.0 Å². The summed E-state index contributed by atoms with van der Waals surface area (Å²) in [7, 11) is 0. The SMILES string of the molecule is CCCCc1c(C)c2ccc(OC(C)C(=O)OCC)cc2oc1=O. The molecule has 0 radical (unpaired) electrons. The van der Waals surface area contributed by atoms with Gasteiger partial charge in [0.15, 0.2) is 6.10 Å². The molecule has 24 heavy (non-hydrogen) atoms. The van der Waals surface area contributed by atoms with Gasteiger partial charge in [-0.2, -0.15) is 0 Å². The van der Waals surface area contributed by atoms with Crippen LogP contribution in [0, 0.1) is 6.92 Å². The Morgan fingerprint density at radius 3 is 2.71 bits per heavy atom. The highest BCUT2D eigenvalue weighted by Crippen LogP contribution is 2.25. The highest BCUT2D eigenvalue weighted by molar-refractivity contribution is 5.82. The minimum absolute atomic E-state index is 0.302. The van der Waals surface area contributed by atoms with Crippen LogP contribution < -0.4 is 10.4 Å². The van der Waals surface area contributed by atoms with Crippen LogP contribution in [0.4, 0.5) is 0 Å². The second-order valence-corrected chi connectivity index (χ2v) is 5.77. The first-order valence-corrected chi connectivity index (χ1v) is 8.37. The molecule has 1 atom stereocenters. The number of esters is 1. The number of aryl methyl sites for hydroxylation is 1. The summed E-state index contributed by atoms with van der Waals surface area (Å²) in [5, 5.41) is 0.886. The minimum atomic E-state index is -0.723. The number of carbonyl (C=O) groups is 1. The van der Waals surface area contributed by atoms with Crippen LogP contribution >= 0.6 is 0 Å². The molecule has 1 unspecified atom stereocenters. The molecule has 5 heteroatoms. The van der Waals surface area contributed by atoms with Crippen LogP contribution in [0.25, 0.3) is 11.0 Å². The van der Waals surface area contributed by atoms with E-state index in [9.17, 15) is 9.59 Å². The smallest absolute Gasteiger partial charge is 0.347 e. The molecule has 0 saturated carbocycles. The molecule has 0 saturated heterocycles. The zero-order chi connectivity index (χ0) is 17.7. The normalized spacial score (nSPS) is 12.2. The molecule has 0 aliphatic rings. The summed E-state index contributed by atoms with van der Waals surface area (Å²) >= 11 is 0. The van der Waals surface area contributed by atoms with E-state index in [1.54, 1.807) is 26.0 Å². The number of ether oxygens (including phenoxy) is 2. The van der Waals surface area contributed by atoms with E-state index in [0.29, 0.717) is 17.9 Å². The predicted molar refractivity (Wildman–Crippen MR) is 92.6 cm³/mol. The van der Waals surface area contributed by atoms with Crippen molar-refractivity contribution in [2.45, 2.75) is 53.1 Å². The van der Waals surface area contributed by atoms with E-state index in [2.05, 4.69) is 6.92 Å². The van der Waals surface area contributed by atoms with Gasteiger partial charge in [0, 0.05) is 17.0 Å². The van der Waals surface area contributed by atoms with Gasteiger partial charge < -0.3 is 13.9 Å². The van der Waals surface area contributed by atoms with E-state index in [4.69, 9.17) is 13.9 Å². The molecule has 2 aromatic rings. The largest absolute Gasteiger partial charge is 0.479 e.